The fourth-order valence-corrected chi connectivity index (χ4v) is 3.09. The van der Waals surface area contributed by atoms with Gasteiger partial charge in [-0.3, -0.25) is 4.79 Å². The highest BCUT2D eigenvalue weighted by atomic mass is 32.2. The first-order chi connectivity index (χ1) is 12.3. The molecule has 0 saturated heterocycles. The van der Waals surface area contributed by atoms with Gasteiger partial charge in [-0.05, 0) is 42.8 Å². The number of nitrogens with one attached hydrogen (secondary N) is 1. The van der Waals surface area contributed by atoms with Crippen molar-refractivity contribution in [2.24, 2.45) is 0 Å². The van der Waals surface area contributed by atoms with E-state index in [1.807, 2.05) is 0 Å². The smallest absolute Gasteiger partial charge is 0.330 e. The Morgan fingerprint density at radius 3 is 2.35 bits per heavy atom. The Balaban J connectivity index is 2.13. The summed E-state index contributed by atoms with van der Waals surface area (Å²) in [5.41, 5.74) is 1.35. The summed E-state index contributed by atoms with van der Waals surface area (Å²) in [6.45, 7) is 2.04. The lowest BCUT2D eigenvalue weighted by atomic mass is 10.1. The zero-order valence-electron chi connectivity index (χ0n) is 14.4. The maximum absolute atomic E-state index is 12.4. The number of sulfone groups is 1. The van der Waals surface area contributed by atoms with Gasteiger partial charge in [-0.15, -0.1) is 0 Å². The van der Waals surface area contributed by atoms with E-state index in [2.05, 4.69) is 5.32 Å². The standard InChI is InChI=1S/C19H19NO5S/c1-3-25-18(21)13-10-14-8-11-15(12-9-14)20-19(22)16-6-4-5-7-17(16)26(2,23)24/h4-13H,3H2,1-2H3,(H,20,22)/b13-10+. The van der Waals surface area contributed by atoms with Crippen LogP contribution < -0.4 is 5.32 Å². The van der Waals surface area contributed by atoms with Crippen LogP contribution in [0, 0.1) is 0 Å². The van der Waals surface area contributed by atoms with E-state index >= 15 is 0 Å². The minimum Gasteiger partial charge on any atom is -0.463 e. The molecule has 2 aromatic rings. The lowest BCUT2D eigenvalue weighted by Gasteiger charge is -2.09. The molecule has 7 heteroatoms. The average Bonchev–Trinajstić information content (AvgIpc) is 2.60. The second-order valence-electron chi connectivity index (χ2n) is 5.43. The summed E-state index contributed by atoms with van der Waals surface area (Å²) < 4.78 is 28.4. The lowest BCUT2D eigenvalue weighted by Crippen LogP contribution is -2.15. The number of hydrogen-bond acceptors (Lipinski definition) is 5. The van der Waals surface area contributed by atoms with Crippen molar-refractivity contribution in [3.63, 3.8) is 0 Å². The quantitative estimate of drug-likeness (QED) is 0.621. The molecule has 0 aliphatic carbocycles. The lowest BCUT2D eigenvalue weighted by molar-refractivity contribution is -0.137. The summed E-state index contributed by atoms with van der Waals surface area (Å²) in [6, 6.07) is 12.8. The Kier molecular flexibility index (Phi) is 6.30. The molecular weight excluding hydrogens is 354 g/mol. The highest BCUT2D eigenvalue weighted by Gasteiger charge is 2.18. The molecule has 2 aromatic carbocycles. The maximum atomic E-state index is 12.4. The minimum absolute atomic E-state index is 0.0218. The Labute approximate surface area is 152 Å². The third kappa shape index (κ3) is 5.29. The molecule has 0 radical (unpaired) electrons. The van der Waals surface area contributed by atoms with Gasteiger partial charge < -0.3 is 10.1 Å². The number of rotatable bonds is 6. The number of amides is 1. The van der Waals surface area contributed by atoms with Crippen molar-refractivity contribution in [2.45, 2.75) is 11.8 Å². The highest BCUT2D eigenvalue weighted by Crippen LogP contribution is 2.18. The molecule has 0 aliphatic rings. The number of carbonyl (C=O) groups excluding carboxylic acids is 2. The van der Waals surface area contributed by atoms with Gasteiger partial charge in [0.05, 0.1) is 17.1 Å². The van der Waals surface area contributed by atoms with Crippen molar-refractivity contribution in [3.8, 4) is 0 Å². The zero-order valence-corrected chi connectivity index (χ0v) is 15.2. The van der Waals surface area contributed by atoms with Crippen LogP contribution in [0.1, 0.15) is 22.8 Å². The summed E-state index contributed by atoms with van der Waals surface area (Å²) >= 11 is 0. The Hall–Kier alpha value is -2.93. The number of ether oxygens (including phenoxy) is 1. The van der Waals surface area contributed by atoms with E-state index in [0.29, 0.717) is 12.3 Å². The fraction of sp³-hybridized carbons (Fsp3) is 0.158. The Morgan fingerprint density at radius 2 is 1.73 bits per heavy atom. The molecule has 1 N–H and O–H groups in total. The van der Waals surface area contributed by atoms with E-state index in [-0.39, 0.29) is 10.5 Å². The molecule has 0 bridgehead atoms. The molecule has 6 nitrogen and oxygen atoms in total. The van der Waals surface area contributed by atoms with E-state index in [4.69, 9.17) is 4.74 Å². The van der Waals surface area contributed by atoms with E-state index < -0.39 is 21.7 Å². The fourth-order valence-electron chi connectivity index (χ4n) is 2.21. The van der Waals surface area contributed by atoms with Crippen LogP contribution >= 0.6 is 0 Å². The zero-order chi connectivity index (χ0) is 19.2. The number of carbonyl (C=O) groups is 2. The van der Waals surface area contributed by atoms with Crippen LogP contribution in [0.15, 0.2) is 59.5 Å². The van der Waals surface area contributed by atoms with E-state index in [1.54, 1.807) is 49.4 Å². The van der Waals surface area contributed by atoms with Crippen molar-refractivity contribution < 1.29 is 22.7 Å². The van der Waals surface area contributed by atoms with Crippen LogP contribution in [0.5, 0.6) is 0 Å². The molecule has 136 valence electrons. The van der Waals surface area contributed by atoms with Crippen molar-refractivity contribution >= 4 is 33.5 Å². The van der Waals surface area contributed by atoms with Gasteiger partial charge in [0.25, 0.3) is 5.91 Å². The van der Waals surface area contributed by atoms with Crippen LogP contribution in [0.3, 0.4) is 0 Å². The summed E-state index contributed by atoms with van der Waals surface area (Å²) in [5, 5.41) is 2.66. The van der Waals surface area contributed by atoms with Gasteiger partial charge in [0.2, 0.25) is 0 Å². The van der Waals surface area contributed by atoms with E-state index in [9.17, 15) is 18.0 Å². The number of benzene rings is 2. The molecule has 0 aliphatic heterocycles. The third-order valence-electron chi connectivity index (χ3n) is 3.40. The molecule has 2 rings (SSSR count). The van der Waals surface area contributed by atoms with E-state index in [0.717, 1.165) is 11.8 Å². The predicted octanol–water partition coefficient (Wildman–Crippen LogP) is 2.92. The first-order valence-corrected chi connectivity index (χ1v) is 9.75. The van der Waals surface area contributed by atoms with Gasteiger partial charge in [0.15, 0.2) is 9.84 Å². The van der Waals surface area contributed by atoms with Crippen LogP contribution in [0.4, 0.5) is 5.69 Å². The molecule has 1 amide bonds. The Morgan fingerprint density at radius 1 is 1.08 bits per heavy atom. The van der Waals surface area contributed by atoms with Crippen LogP contribution in [-0.4, -0.2) is 33.2 Å². The predicted molar refractivity (Wildman–Crippen MR) is 99.6 cm³/mol. The monoisotopic (exact) mass is 373 g/mol. The molecular formula is C19H19NO5S. The summed E-state index contributed by atoms with van der Waals surface area (Å²) in [4.78, 5) is 23.7. The molecule has 0 aromatic heterocycles. The molecule has 0 unspecified atom stereocenters. The molecule has 26 heavy (non-hydrogen) atoms. The normalized spacial score (nSPS) is 11.3. The third-order valence-corrected chi connectivity index (χ3v) is 4.55. The maximum Gasteiger partial charge on any atom is 0.330 e. The largest absolute Gasteiger partial charge is 0.463 e. The minimum atomic E-state index is -3.51. The number of esters is 1. The molecule has 0 atom stereocenters. The van der Waals surface area contributed by atoms with Crippen molar-refractivity contribution in [3.05, 3.63) is 65.7 Å². The van der Waals surface area contributed by atoms with Crippen LogP contribution in [-0.2, 0) is 19.4 Å². The van der Waals surface area contributed by atoms with Gasteiger partial charge in [0.1, 0.15) is 0 Å². The number of anilines is 1. The Bertz CT molecular complexity index is 931. The second-order valence-corrected chi connectivity index (χ2v) is 7.41. The second kappa shape index (κ2) is 8.44. The first kappa shape index (κ1) is 19.4. The van der Waals surface area contributed by atoms with Gasteiger partial charge in [-0.1, -0.05) is 24.3 Å². The molecule has 0 heterocycles. The first-order valence-electron chi connectivity index (χ1n) is 7.86. The summed E-state index contributed by atoms with van der Waals surface area (Å²) in [7, 11) is -3.51. The van der Waals surface area contributed by atoms with E-state index in [1.165, 1.54) is 18.2 Å². The van der Waals surface area contributed by atoms with Gasteiger partial charge >= 0.3 is 5.97 Å². The SMILES string of the molecule is CCOC(=O)/C=C/c1ccc(NC(=O)c2ccccc2S(C)(=O)=O)cc1. The van der Waals surface area contributed by atoms with Crippen LogP contribution in [0.25, 0.3) is 6.08 Å². The molecule has 0 spiro atoms. The van der Waals surface area contributed by atoms with Gasteiger partial charge in [0, 0.05) is 18.0 Å². The highest BCUT2D eigenvalue weighted by molar-refractivity contribution is 7.90. The van der Waals surface area contributed by atoms with Gasteiger partial charge in [-0.2, -0.15) is 0 Å². The van der Waals surface area contributed by atoms with Crippen LogP contribution in [0.2, 0.25) is 0 Å². The summed E-state index contributed by atoms with van der Waals surface area (Å²) in [6.07, 6.45) is 3.98. The summed E-state index contributed by atoms with van der Waals surface area (Å²) in [5.74, 6) is -0.942. The number of hydrogen-bond donors (Lipinski definition) is 1. The molecule has 0 fully saturated rings. The van der Waals surface area contributed by atoms with Crippen molar-refractivity contribution in [1.29, 1.82) is 0 Å². The topological polar surface area (TPSA) is 89.5 Å². The molecule has 0 saturated carbocycles. The van der Waals surface area contributed by atoms with Crippen molar-refractivity contribution in [1.82, 2.24) is 0 Å². The van der Waals surface area contributed by atoms with Gasteiger partial charge in [-0.25, -0.2) is 13.2 Å². The average molecular weight is 373 g/mol. The van der Waals surface area contributed by atoms with Crippen molar-refractivity contribution in [2.75, 3.05) is 18.2 Å².